The number of halogens is 1. The molecule has 0 bridgehead atoms. The Balaban J connectivity index is 2.20. The van der Waals surface area contributed by atoms with Gasteiger partial charge in [-0.25, -0.2) is 0 Å². The van der Waals surface area contributed by atoms with Crippen molar-refractivity contribution in [3.63, 3.8) is 0 Å². The van der Waals surface area contributed by atoms with Gasteiger partial charge in [0.1, 0.15) is 6.61 Å². The molecule has 0 atom stereocenters. The highest BCUT2D eigenvalue weighted by Gasteiger charge is 2.18. The molecule has 1 heterocycles. The fourth-order valence-electron chi connectivity index (χ4n) is 1.05. The van der Waals surface area contributed by atoms with E-state index < -0.39 is 0 Å². The predicted octanol–water partition coefficient (Wildman–Crippen LogP) is 1.49. The van der Waals surface area contributed by atoms with Crippen molar-refractivity contribution in [1.82, 2.24) is 5.64 Å². The molecule has 5 heteroatoms. The molecule has 1 aliphatic rings. The van der Waals surface area contributed by atoms with Crippen molar-refractivity contribution < 1.29 is 14.4 Å². The van der Waals surface area contributed by atoms with Gasteiger partial charge in [0.2, 0.25) is 5.75 Å². The van der Waals surface area contributed by atoms with Gasteiger partial charge in [-0.2, -0.15) is 0 Å². The summed E-state index contributed by atoms with van der Waals surface area (Å²) in [5.41, 5.74) is 2.29. The SMILES string of the molecule is ClCCOc1cccc2c1ONO2. The van der Waals surface area contributed by atoms with Crippen LogP contribution in [-0.4, -0.2) is 12.5 Å². The molecular weight excluding hydrogens is 194 g/mol. The fourth-order valence-corrected chi connectivity index (χ4v) is 1.12. The quantitative estimate of drug-likeness (QED) is 0.753. The van der Waals surface area contributed by atoms with E-state index in [9.17, 15) is 0 Å². The van der Waals surface area contributed by atoms with Crippen LogP contribution in [0.4, 0.5) is 0 Å². The zero-order chi connectivity index (χ0) is 9.10. The minimum atomic E-state index is 0.442. The van der Waals surface area contributed by atoms with Crippen molar-refractivity contribution in [2.75, 3.05) is 12.5 Å². The number of para-hydroxylation sites is 1. The zero-order valence-electron chi connectivity index (χ0n) is 6.75. The van der Waals surface area contributed by atoms with Crippen LogP contribution >= 0.6 is 11.6 Å². The van der Waals surface area contributed by atoms with Crippen LogP contribution in [0.3, 0.4) is 0 Å². The van der Waals surface area contributed by atoms with Crippen LogP contribution in [0, 0.1) is 0 Å². The highest BCUT2D eigenvalue weighted by molar-refractivity contribution is 6.18. The van der Waals surface area contributed by atoms with Crippen molar-refractivity contribution in [1.29, 1.82) is 0 Å². The van der Waals surface area contributed by atoms with Crippen molar-refractivity contribution in [2.24, 2.45) is 0 Å². The molecule has 0 aliphatic carbocycles. The predicted molar refractivity (Wildman–Crippen MR) is 47.0 cm³/mol. The number of rotatable bonds is 3. The first-order valence-electron chi connectivity index (χ1n) is 3.82. The van der Waals surface area contributed by atoms with Gasteiger partial charge in [0.25, 0.3) is 0 Å². The molecule has 0 saturated carbocycles. The van der Waals surface area contributed by atoms with E-state index >= 15 is 0 Å². The molecule has 1 aromatic carbocycles. The highest BCUT2D eigenvalue weighted by Crippen LogP contribution is 2.38. The number of hydrogen-bond acceptors (Lipinski definition) is 4. The Hall–Kier alpha value is -1.13. The van der Waals surface area contributed by atoms with Crippen molar-refractivity contribution >= 4 is 11.6 Å². The molecule has 0 amide bonds. The molecule has 0 saturated heterocycles. The van der Waals surface area contributed by atoms with Gasteiger partial charge in [-0.1, -0.05) is 6.07 Å². The average Bonchev–Trinajstić information content (AvgIpc) is 2.62. The van der Waals surface area contributed by atoms with Crippen LogP contribution < -0.4 is 20.1 Å². The van der Waals surface area contributed by atoms with E-state index in [2.05, 4.69) is 5.64 Å². The van der Waals surface area contributed by atoms with E-state index in [0.717, 1.165) is 0 Å². The van der Waals surface area contributed by atoms with E-state index in [-0.39, 0.29) is 0 Å². The summed E-state index contributed by atoms with van der Waals surface area (Å²) in [7, 11) is 0. The summed E-state index contributed by atoms with van der Waals surface area (Å²) in [6.07, 6.45) is 0. The molecule has 0 spiro atoms. The topological polar surface area (TPSA) is 39.7 Å². The number of alkyl halides is 1. The standard InChI is InChI=1S/C8H8ClNO3/c9-4-5-11-6-2-1-3-7-8(6)13-10-12-7/h1-3,10H,4-5H2. The normalized spacial score (nSPS) is 13.0. The Morgan fingerprint density at radius 3 is 3.15 bits per heavy atom. The second kappa shape index (κ2) is 3.72. The first kappa shape index (κ1) is 8.47. The molecule has 0 fully saturated rings. The first-order chi connectivity index (χ1) is 6.42. The molecule has 13 heavy (non-hydrogen) atoms. The van der Waals surface area contributed by atoms with Crippen LogP contribution in [0.2, 0.25) is 0 Å². The van der Waals surface area contributed by atoms with Gasteiger partial charge in [0, 0.05) is 5.64 Å². The molecule has 1 N–H and O–H groups in total. The van der Waals surface area contributed by atoms with E-state index in [1.807, 2.05) is 6.07 Å². The van der Waals surface area contributed by atoms with E-state index in [1.165, 1.54) is 0 Å². The lowest BCUT2D eigenvalue weighted by Crippen LogP contribution is -2.14. The van der Waals surface area contributed by atoms with Gasteiger partial charge in [-0.15, -0.1) is 11.6 Å². The molecular formula is C8H8ClNO3. The lowest BCUT2D eigenvalue weighted by atomic mass is 10.3. The second-order valence-electron chi connectivity index (χ2n) is 2.41. The zero-order valence-corrected chi connectivity index (χ0v) is 7.50. The van der Waals surface area contributed by atoms with Crippen LogP contribution in [0.5, 0.6) is 17.2 Å². The monoisotopic (exact) mass is 201 g/mol. The Morgan fingerprint density at radius 2 is 2.31 bits per heavy atom. The van der Waals surface area contributed by atoms with E-state index in [4.69, 9.17) is 26.0 Å². The maximum atomic E-state index is 5.49. The lowest BCUT2D eigenvalue weighted by molar-refractivity contribution is 0.0245. The van der Waals surface area contributed by atoms with E-state index in [1.54, 1.807) is 12.1 Å². The Bertz CT molecular complexity index is 305. The van der Waals surface area contributed by atoms with Crippen molar-refractivity contribution in [2.45, 2.75) is 0 Å². The first-order valence-corrected chi connectivity index (χ1v) is 4.36. The number of fused-ring (bicyclic) bond motifs is 1. The summed E-state index contributed by atoms with van der Waals surface area (Å²) in [5.74, 6) is 2.25. The summed E-state index contributed by atoms with van der Waals surface area (Å²) < 4.78 is 5.32. The maximum Gasteiger partial charge on any atom is 0.237 e. The fraction of sp³-hybridized carbons (Fsp3) is 0.250. The third-order valence-corrected chi connectivity index (χ3v) is 1.73. The highest BCUT2D eigenvalue weighted by atomic mass is 35.5. The minimum Gasteiger partial charge on any atom is -0.488 e. The molecule has 0 aromatic heterocycles. The number of benzene rings is 1. The minimum absolute atomic E-state index is 0.442. The second-order valence-corrected chi connectivity index (χ2v) is 2.79. The van der Waals surface area contributed by atoms with Crippen LogP contribution in [0.1, 0.15) is 0 Å². The Kier molecular flexibility index (Phi) is 2.42. The van der Waals surface area contributed by atoms with Gasteiger partial charge in [0.15, 0.2) is 11.5 Å². The number of hydrogen-bond donors (Lipinski definition) is 1. The van der Waals surface area contributed by atoms with Gasteiger partial charge in [-0.05, 0) is 12.1 Å². The van der Waals surface area contributed by atoms with Gasteiger partial charge < -0.3 is 14.4 Å². The summed E-state index contributed by atoms with van der Waals surface area (Å²) >= 11 is 5.49. The number of ether oxygens (including phenoxy) is 1. The van der Waals surface area contributed by atoms with Crippen molar-refractivity contribution in [3.05, 3.63) is 18.2 Å². The molecule has 4 nitrogen and oxygen atoms in total. The molecule has 70 valence electrons. The largest absolute Gasteiger partial charge is 0.488 e. The molecule has 0 unspecified atom stereocenters. The van der Waals surface area contributed by atoms with Crippen LogP contribution in [0.15, 0.2) is 18.2 Å². The summed E-state index contributed by atoms with van der Waals surface area (Å²) in [6, 6.07) is 5.39. The lowest BCUT2D eigenvalue weighted by Gasteiger charge is -2.04. The molecule has 0 radical (unpaired) electrons. The Morgan fingerprint density at radius 1 is 1.38 bits per heavy atom. The molecule has 1 aromatic rings. The van der Waals surface area contributed by atoms with Gasteiger partial charge >= 0.3 is 0 Å². The third-order valence-electron chi connectivity index (χ3n) is 1.57. The third kappa shape index (κ3) is 1.64. The van der Waals surface area contributed by atoms with Gasteiger partial charge in [-0.3, -0.25) is 0 Å². The maximum absolute atomic E-state index is 5.49. The van der Waals surface area contributed by atoms with E-state index in [0.29, 0.717) is 29.7 Å². The van der Waals surface area contributed by atoms with Crippen molar-refractivity contribution in [3.8, 4) is 17.2 Å². The van der Waals surface area contributed by atoms with Gasteiger partial charge in [0.05, 0.1) is 5.88 Å². The van der Waals surface area contributed by atoms with Crippen LogP contribution in [-0.2, 0) is 0 Å². The summed E-state index contributed by atoms with van der Waals surface area (Å²) in [4.78, 5) is 9.92. The average molecular weight is 202 g/mol. The molecule has 1 aliphatic heterocycles. The summed E-state index contributed by atoms with van der Waals surface area (Å²) in [6.45, 7) is 0.446. The summed E-state index contributed by atoms with van der Waals surface area (Å²) in [5, 5.41) is 0. The molecule has 2 rings (SSSR count). The number of nitrogens with one attached hydrogen (secondary N) is 1. The smallest absolute Gasteiger partial charge is 0.237 e. The Labute approximate surface area is 80.3 Å². The van der Waals surface area contributed by atoms with Crippen LogP contribution in [0.25, 0.3) is 0 Å².